The minimum atomic E-state index is -0.198. The third-order valence-corrected chi connectivity index (χ3v) is 3.13. The number of carbonyl (C=O) groups excluding carboxylic acids is 1. The summed E-state index contributed by atoms with van der Waals surface area (Å²) in [5.74, 6) is 0.401. The van der Waals surface area contributed by atoms with Crippen LogP contribution < -0.4 is 10.1 Å². The van der Waals surface area contributed by atoms with Crippen molar-refractivity contribution in [2.75, 3.05) is 6.61 Å². The summed E-state index contributed by atoms with van der Waals surface area (Å²) in [6.07, 6.45) is 0. The van der Waals surface area contributed by atoms with Crippen molar-refractivity contribution < 1.29 is 14.6 Å². The van der Waals surface area contributed by atoms with Gasteiger partial charge in [-0.15, -0.1) is 0 Å². The first-order chi connectivity index (χ1) is 10.2. The van der Waals surface area contributed by atoms with Gasteiger partial charge in [-0.25, -0.2) is 0 Å². The van der Waals surface area contributed by atoms with E-state index in [9.17, 15) is 4.79 Å². The van der Waals surface area contributed by atoms with E-state index < -0.39 is 0 Å². The predicted molar refractivity (Wildman–Crippen MR) is 81.2 cm³/mol. The molecule has 0 bridgehead atoms. The van der Waals surface area contributed by atoms with Crippen molar-refractivity contribution in [2.24, 2.45) is 0 Å². The van der Waals surface area contributed by atoms with Gasteiger partial charge < -0.3 is 15.2 Å². The van der Waals surface area contributed by atoms with Crippen LogP contribution in [-0.4, -0.2) is 17.6 Å². The van der Waals surface area contributed by atoms with E-state index in [2.05, 4.69) is 5.32 Å². The van der Waals surface area contributed by atoms with Gasteiger partial charge in [-0.1, -0.05) is 35.9 Å². The SMILES string of the molecule is O=C(COc1ccc(Cl)cc1)NCc1ccc(CO)cc1. The van der Waals surface area contributed by atoms with E-state index in [-0.39, 0.29) is 19.1 Å². The Hall–Kier alpha value is -2.04. The van der Waals surface area contributed by atoms with E-state index in [1.54, 1.807) is 24.3 Å². The lowest BCUT2D eigenvalue weighted by Gasteiger charge is -2.08. The quantitative estimate of drug-likeness (QED) is 0.862. The number of benzene rings is 2. The Balaban J connectivity index is 1.75. The zero-order valence-electron chi connectivity index (χ0n) is 11.4. The van der Waals surface area contributed by atoms with Crippen LogP contribution in [0.25, 0.3) is 0 Å². The lowest BCUT2D eigenvalue weighted by Crippen LogP contribution is -2.28. The summed E-state index contributed by atoms with van der Waals surface area (Å²) in [5, 5.41) is 12.3. The van der Waals surface area contributed by atoms with Crippen molar-refractivity contribution in [2.45, 2.75) is 13.2 Å². The highest BCUT2D eigenvalue weighted by molar-refractivity contribution is 6.30. The van der Waals surface area contributed by atoms with Crippen LogP contribution in [0.5, 0.6) is 5.75 Å². The standard InChI is InChI=1S/C16H16ClNO3/c17-14-5-7-15(8-6-14)21-11-16(20)18-9-12-1-3-13(10-19)4-2-12/h1-8,19H,9-11H2,(H,18,20). The lowest BCUT2D eigenvalue weighted by molar-refractivity contribution is -0.123. The first kappa shape index (κ1) is 15.4. The van der Waals surface area contributed by atoms with Crippen LogP contribution in [0.4, 0.5) is 0 Å². The van der Waals surface area contributed by atoms with Gasteiger partial charge in [0.05, 0.1) is 6.61 Å². The first-order valence-electron chi connectivity index (χ1n) is 6.51. The number of amides is 1. The maximum Gasteiger partial charge on any atom is 0.258 e. The van der Waals surface area contributed by atoms with Crippen LogP contribution in [0.2, 0.25) is 5.02 Å². The van der Waals surface area contributed by atoms with Crippen molar-refractivity contribution >= 4 is 17.5 Å². The van der Waals surface area contributed by atoms with Crippen molar-refractivity contribution in [3.8, 4) is 5.75 Å². The number of hydrogen-bond donors (Lipinski definition) is 2. The fraction of sp³-hybridized carbons (Fsp3) is 0.188. The zero-order chi connectivity index (χ0) is 15.1. The summed E-state index contributed by atoms with van der Waals surface area (Å²) in [4.78, 5) is 11.7. The highest BCUT2D eigenvalue weighted by Gasteiger charge is 2.03. The molecule has 0 unspecified atom stereocenters. The molecule has 0 atom stereocenters. The number of nitrogens with one attached hydrogen (secondary N) is 1. The third-order valence-electron chi connectivity index (χ3n) is 2.88. The molecule has 21 heavy (non-hydrogen) atoms. The number of aliphatic hydroxyl groups is 1. The molecular formula is C16H16ClNO3. The lowest BCUT2D eigenvalue weighted by atomic mass is 10.1. The van der Waals surface area contributed by atoms with Crippen LogP contribution in [0.1, 0.15) is 11.1 Å². The van der Waals surface area contributed by atoms with E-state index in [1.807, 2.05) is 24.3 Å². The second-order valence-corrected chi connectivity index (χ2v) is 4.93. The number of aliphatic hydroxyl groups excluding tert-OH is 1. The summed E-state index contributed by atoms with van der Waals surface area (Å²) in [7, 11) is 0. The number of carbonyl (C=O) groups is 1. The molecule has 2 rings (SSSR count). The molecule has 0 aromatic heterocycles. The fourth-order valence-electron chi connectivity index (χ4n) is 1.69. The van der Waals surface area contributed by atoms with E-state index in [0.29, 0.717) is 17.3 Å². The molecule has 4 nitrogen and oxygen atoms in total. The number of ether oxygens (including phenoxy) is 1. The molecule has 0 aliphatic carbocycles. The van der Waals surface area contributed by atoms with Gasteiger partial charge in [-0.3, -0.25) is 4.79 Å². The number of hydrogen-bond acceptors (Lipinski definition) is 3. The average molecular weight is 306 g/mol. The van der Waals surface area contributed by atoms with Crippen molar-refractivity contribution in [1.82, 2.24) is 5.32 Å². The molecule has 0 heterocycles. The van der Waals surface area contributed by atoms with Crippen LogP contribution >= 0.6 is 11.6 Å². The third kappa shape index (κ3) is 5.10. The van der Waals surface area contributed by atoms with Crippen molar-refractivity contribution in [3.63, 3.8) is 0 Å². The van der Waals surface area contributed by atoms with Crippen molar-refractivity contribution in [3.05, 3.63) is 64.7 Å². The van der Waals surface area contributed by atoms with E-state index in [1.165, 1.54) is 0 Å². The zero-order valence-corrected chi connectivity index (χ0v) is 12.1. The second kappa shape index (κ2) is 7.67. The molecule has 0 aliphatic rings. The molecule has 2 aromatic rings. The van der Waals surface area contributed by atoms with E-state index in [4.69, 9.17) is 21.4 Å². The molecule has 0 saturated carbocycles. The average Bonchev–Trinajstić information content (AvgIpc) is 2.53. The van der Waals surface area contributed by atoms with Gasteiger partial charge in [0.2, 0.25) is 0 Å². The minimum absolute atomic E-state index is 0.0154. The topological polar surface area (TPSA) is 58.6 Å². The largest absolute Gasteiger partial charge is 0.484 e. The second-order valence-electron chi connectivity index (χ2n) is 4.49. The molecule has 0 fully saturated rings. The smallest absolute Gasteiger partial charge is 0.258 e. The van der Waals surface area contributed by atoms with Crippen molar-refractivity contribution in [1.29, 1.82) is 0 Å². The molecule has 2 aromatic carbocycles. The highest BCUT2D eigenvalue weighted by Crippen LogP contribution is 2.15. The van der Waals surface area contributed by atoms with Crippen LogP contribution in [-0.2, 0) is 17.9 Å². The summed E-state index contributed by atoms with van der Waals surface area (Å²) in [6.45, 7) is 0.395. The fourth-order valence-corrected chi connectivity index (χ4v) is 1.82. The monoisotopic (exact) mass is 305 g/mol. The van der Waals surface area contributed by atoms with Gasteiger partial charge in [0.1, 0.15) is 5.75 Å². The van der Waals surface area contributed by atoms with Gasteiger partial charge in [-0.05, 0) is 35.4 Å². The molecule has 0 radical (unpaired) electrons. The predicted octanol–water partition coefficient (Wildman–Crippen LogP) is 2.53. The summed E-state index contributed by atoms with van der Waals surface area (Å²) in [6, 6.07) is 14.2. The summed E-state index contributed by atoms with van der Waals surface area (Å²) in [5.41, 5.74) is 1.81. The molecule has 2 N–H and O–H groups in total. The summed E-state index contributed by atoms with van der Waals surface area (Å²) >= 11 is 5.76. The molecule has 110 valence electrons. The van der Waals surface area contributed by atoms with Gasteiger partial charge in [-0.2, -0.15) is 0 Å². The normalized spacial score (nSPS) is 10.2. The van der Waals surface area contributed by atoms with Gasteiger partial charge in [0.15, 0.2) is 6.61 Å². The molecular weight excluding hydrogens is 290 g/mol. The molecule has 1 amide bonds. The Bertz CT molecular complexity index is 581. The Morgan fingerprint density at radius 1 is 1.05 bits per heavy atom. The van der Waals surface area contributed by atoms with E-state index >= 15 is 0 Å². The molecule has 0 spiro atoms. The van der Waals surface area contributed by atoms with Crippen LogP contribution in [0.3, 0.4) is 0 Å². The highest BCUT2D eigenvalue weighted by atomic mass is 35.5. The van der Waals surface area contributed by atoms with Crippen LogP contribution in [0, 0.1) is 0 Å². The Morgan fingerprint density at radius 2 is 1.67 bits per heavy atom. The molecule has 0 aliphatic heterocycles. The maximum atomic E-state index is 11.7. The Kier molecular flexibility index (Phi) is 5.60. The van der Waals surface area contributed by atoms with Gasteiger partial charge >= 0.3 is 0 Å². The number of rotatable bonds is 6. The molecule has 0 saturated heterocycles. The van der Waals surface area contributed by atoms with E-state index in [0.717, 1.165) is 11.1 Å². The summed E-state index contributed by atoms with van der Waals surface area (Å²) < 4.78 is 5.34. The van der Waals surface area contributed by atoms with Gasteiger partial charge in [0, 0.05) is 11.6 Å². The minimum Gasteiger partial charge on any atom is -0.484 e. The van der Waals surface area contributed by atoms with Gasteiger partial charge in [0.25, 0.3) is 5.91 Å². The molecule has 5 heteroatoms. The number of halogens is 1. The van der Waals surface area contributed by atoms with Crippen LogP contribution in [0.15, 0.2) is 48.5 Å². The Labute approximate surface area is 128 Å². The first-order valence-corrected chi connectivity index (χ1v) is 6.89. The Morgan fingerprint density at radius 3 is 2.29 bits per heavy atom. The maximum absolute atomic E-state index is 11.7.